The molecule has 0 unspecified atom stereocenters. The van der Waals surface area contributed by atoms with E-state index in [1.165, 1.54) is 0 Å². The fourth-order valence-corrected chi connectivity index (χ4v) is 1.89. The van der Waals surface area contributed by atoms with Gasteiger partial charge < -0.3 is 15.4 Å². The third kappa shape index (κ3) is 6.65. The molecular formula is C10H12F3N3O6S. The molecular weight excluding hydrogens is 347 g/mol. The molecule has 0 spiro atoms. The molecule has 0 aromatic carbocycles. The van der Waals surface area contributed by atoms with Crippen molar-refractivity contribution in [3.05, 3.63) is 27.9 Å². The van der Waals surface area contributed by atoms with Gasteiger partial charge in [-0.15, -0.1) is 0 Å². The number of rotatable bonds is 7. The quantitative estimate of drug-likeness (QED) is 0.431. The first-order valence-electron chi connectivity index (χ1n) is 5.89. The lowest BCUT2D eigenvalue weighted by Gasteiger charge is -2.08. The van der Waals surface area contributed by atoms with E-state index in [-0.39, 0.29) is 5.56 Å². The molecule has 0 saturated carbocycles. The standard InChI is InChI=1S/C10H12F3N3O6S/c1-23(20,21)22-5-7-2-3-15(9(7)16(18)19)4-8(17)14-6-10(11,12)13/h2-3H,4-6H2,1H3,(H,14,17). The minimum Gasteiger partial charge on any atom is -0.358 e. The molecule has 1 amide bonds. The summed E-state index contributed by atoms with van der Waals surface area (Å²) < 4.78 is 62.9. The van der Waals surface area contributed by atoms with Crippen LogP contribution in [0, 0.1) is 10.1 Å². The average molecular weight is 359 g/mol. The number of hydrogen-bond donors (Lipinski definition) is 1. The van der Waals surface area contributed by atoms with Gasteiger partial charge in [-0.2, -0.15) is 21.6 Å². The number of halogens is 3. The SMILES string of the molecule is CS(=O)(=O)OCc1ccn(CC(=O)NCC(F)(F)F)c1[N+](=O)[O-]. The molecule has 1 rings (SSSR count). The van der Waals surface area contributed by atoms with Gasteiger partial charge in [-0.05, 0) is 11.0 Å². The molecule has 1 heterocycles. The van der Waals surface area contributed by atoms with E-state index in [9.17, 15) is 36.5 Å². The summed E-state index contributed by atoms with van der Waals surface area (Å²) in [6.07, 6.45) is -2.78. The second-order valence-corrected chi connectivity index (χ2v) is 6.05. The van der Waals surface area contributed by atoms with Gasteiger partial charge in [0, 0.05) is 0 Å². The number of carbonyl (C=O) groups excluding carboxylic acids is 1. The van der Waals surface area contributed by atoms with E-state index in [1.807, 2.05) is 0 Å². The highest BCUT2D eigenvalue weighted by atomic mass is 32.2. The van der Waals surface area contributed by atoms with Gasteiger partial charge in [-0.1, -0.05) is 0 Å². The van der Waals surface area contributed by atoms with Crippen LogP contribution in [0.15, 0.2) is 12.3 Å². The van der Waals surface area contributed by atoms with Gasteiger partial charge >= 0.3 is 12.0 Å². The van der Waals surface area contributed by atoms with Crippen LogP contribution in [-0.2, 0) is 32.2 Å². The molecule has 1 aromatic heterocycles. The van der Waals surface area contributed by atoms with Crippen molar-refractivity contribution in [1.29, 1.82) is 0 Å². The summed E-state index contributed by atoms with van der Waals surface area (Å²) in [7, 11) is -3.84. The van der Waals surface area contributed by atoms with Crippen LogP contribution in [0.3, 0.4) is 0 Å². The molecule has 0 bridgehead atoms. The van der Waals surface area contributed by atoms with Crippen LogP contribution in [0.1, 0.15) is 5.56 Å². The molecule has 13 heteroatoms. The van der Waals surface area contributed by atoms with E-state index in [2.05, 4.69) is 4.18 Å². The molecule has 0 atom stereocenters. The van der Waals surface area contributed by atoms with Crippen LogP contribution in [0.2, 0.25) is 0 Å². The molecule has 0 aliphatic heterocycles. The number of carbonyl (C=O) groups is 1. The van der Waals surface area contributed by atoms with Gasteiger partial charge in [0.1, 0.15) is 6.54 Å². The van der Waals surface area contributed by atoms with Crippen molar-refractivity contribution < 1.29 is 35.5 Å². The third-order valence-electron chi connectivity index (χ3n) is 2.42. The Kier molecular flexibility index (Phi) is 5.71. The fraction of sp³-hybridized carbons (Fsp3) is 0.500. The highest BCUT2D eigenvalue weighted by Gasteiger charge is 2.29. The number of aromatic nitrogens is 1. The Hall–Kier alpha value is -2.15. The van der Waals surface area contributed by atoms with Gasteiger partial charge in [0.2, 0.25) is 0 Å². The van der Waals surface area contributed by atoms with Crippen molar-refractivity contribution in [2.45, 2.75) is 19.3 Å². The zero-order chi connectivity index (χ0) is 17.8. The van der Waals surface area contributed by atoms with Gasteiger partial charge in [0.05, 0.1) is 24.6 Å². The lowest BCUT2D eigenvalue weighted by Crippen LogP contribution is -2.35. The summed E-state index contributed by atoms with van der Waals surface area (Å²) in [5.41, 5.74) is -0.135. The van der Waals surface area contributed by atoms with Gasteiger partial charge in [-0.25, -0.2) is 4.57 Å². The summed E-state index contributed by atoms with van der Waals surface area (Å²) in [5.74, 6) is -1.73. The Balaban J connectivity index is 2.85. The molecule has 0 aliphatic rings. The van der Waals surface area contributed by atoms with Crippen LogP contribution >= 0.6 is 0 Å². The number of nitrogens with one attached hydrogen (secondary N) is 1. The summed E-state index contributed by atoms with van der Waals surface area (Å²) in [6.45, 7) is -2.93. The number of amides is 1. The zero-order valence-electron chi connectivity index (χ0n) is 11.7. The monoisotopic (exact) mass is 359 g/mol. The number of nitro groups is 1. The second kappa shape index (κ2) is 6.95. The minimum atomic E-state index is -4.60. The summed E-state index contributed by atoms with van der Waals surface area (Å²) >= 11 is 0. The molecule has 1 aromatic rings. The van der Waals surface area contributed by atoms with E-state index in [0.717, 1.165) is 23.1 Å². The molecule has 9 nitrogen and oxygen atoms in total. The van der Waals surface area contributed by atoms with Gasteiger partial charge in [0.15, 0.2) is 6.54 Å². The van der Waals surface area contributed by atoms with E-state index >= 15 is 0 Å². The van der Waals surface area contributed by atoms with Crippen molar-refractivity contribution in [1.82, 2.24) is 9.88 Å². The number of alkyl halides is 3. The Labute approximate surface area is 128 Å². The van der Waals surface area contributed by atoms with Gasteiger partial charge in [0.25, 0.3) is 16.0 Å². The first kappa shape index (κ1) is 18.9. The lowest BCUT2D eigenvalue weighted by atomic mass is 10.3. The predicted molar refractivity (Wildman–Crippen MR) is 69.8 cm³/mol. The van der Waals surface area contributed by atoms with Crippen molar-refractivity contribution in [3.8, 4) is 0 Å². The molecule has 0 aliphatic carbocycles. The predicted octanol–water partition coefficient (Wildman–Crippen LogP) is 0.551. The van der Waals surface area contributed by atoms with E-state index < -0.39 is 52.6 Å². The highest BCUT2D eigenvalue weighted by Crippen LogP contribution is 2.21. The van der Waals surface area contributed by atoms with Crippen molar-refractivity contribution in [2.75, 3.05) is 12.8 Å². The molecule has 130 valence electrons. The zero-order valence-corrected chi connectivity index (χ0v) is 12.5. The van der Waals surface area contributed by atoms with Crippen LogP contribution in [0.25, 0.3) is 0 Å². The first-order valence-corrected chi connectivity index (χ1v) is 7.71. The normalized spacial score (nSPS) is 12.2. The molecule has 0 fully saturated rings. The summed E-state index contributed by atoms with van der Waals surface area (Å²) in [6, 6.07) is 1.14. The maximum absolute atomic E-state index is 12.0. The molecule has 0 radical (unpaired) electrons. The van der Waals surface area contributed by atoms with Crippen molar-refractivity contribution in [2.24, 2.45) is 0 Å². The fourth-order valence-electron chi connectivity index (χ4n) is 1.55. The molecule has 1 N–H and O–H groups in total. The topological polar surface area (TPSA) is 121 Å². The van der Waals surface area contributed by atoms with E-state index in [0.29, 0.717) is 0 Å². The van der Waals surface area contributed by atoms with E-state index in [4.69, 9.17) is 0 Å². The Morgan fingerprint density at radius 3 is 2.57 bits per heavy atom. The Morgan fingerprint density at radius 1 is 1.48 bits per heavy atom. The van der Waals surface area contributed by atoms with Crippen LogP contribution < -0.4 is 5.32 Å². The van der Waals surface area contributed by atoms with E-state index in [1.54, 1.807) is 5.32 Å². The van der Waals surface area contributed by atoms with Crippen LogP contribution in [-0.4, -0.2) is 42.8 Å². The average Bonchev–Trinajstić information content (AvgIpc) is 2.75. The summed E-state index contributed by atoms with van der Waals surface area (Å²) in [4.78, 5) is 21.5. The van der Waals surface area contributed by atoms with Crippen LogP contribution in [0.4, 0.5) is 19.0 Å². The Bertz CT molecular complexity index is 697. The molecule has 23 heavy (non-hydrogen) atoms. The van der Waals surface area contributed by atoms with Crippen molar-refractivity contribution in [3.63, 3.8) is 0 Å². The minimum absolute atomic E-state index is 0.135. The summed E-state index contributed by atoms with van der Waals surface area (Å²) in [5, 5.41) is 12.6. The second-order valence-electron chi connectivity index (χ2n) is 4.41. The lowest BCUT2D eigenvalue weighted by molar-refractivity contribution is -0.392. The first-order chi connectivity index (χ1) is 10.4. The highest BCUT2D eigenvalue weighted by molar-refractivity contribution is 7.85. The smallest absolute Gasteiger partial charge is 0.358 e. The largest absolute Gasteiger partial charge is 0.405 e. The van der Waals surface area contributed by atoms with Crippen LogP contribution in [0.5, 0.6) is 0 Å². The Morgan fingerprint density at radius 2 is 2.09 bits per heavy atom. The number of nitrogens with zero attached hydrogens (tertiary/aromatic N) is 2. The molecule has 0 saturated heterocycles. The third-order valence-corrected chi connectivity index (χ3v) is 2.96. The maximum Gasteiger partial charge on any atom is 0.405 e. The number of hydrogen-bond acceptors (Lipinski definition) is 6. The maximum atomic E-state index is 12.0. The van der Waals surface area contributed by atoms with Gasteiger partial charge in [-0.3, -0.25) is 8.98 Å². The van der Waals surface area contributed by atoms with Crippen molar-refractivity contribution >= 4 is 21.8 Å².